The monoisotopic (exact) mass is 794 g/mol. The van der Waals surface area contributed by atoms with Crippen molar-refractivity contribution in [1.82, 2.24) is 9.97 Å². The molecule has 0 saturated heterocycles. The zero-order valence-electron chi connectivity index (χ0n) is 30.2. The number of rotatable bonds is 8. The average Bonchev–Trinajstić information content (AvgIpc) is 3.28. The van der Waals surface area contributed by atoms with E-state index in [-0.39, 0.29) is 11.6 Å². The van der Waals surface area contributed by atoms with Crippen molar-refractivity contribution < 1.29 is 19.6 Å². The summed E-state index contributed by atoms with van der Waals surface area (Å²) in [4.78, 5) is 33.4. The van der Waals surface area contributed by atoms with Crippen LogP contribution in [0.1, 0.15) is 31.8 Å². The van der Waals surface area contributed by atoms with Crippen molar-refractivity contribution in [1.29, 1.82) is 0 Å². The molecule has 0 saturated carbocycles. The van der Waals surface area contributed by atoms with Crippen molar-refractivity contribution >= 4 is 40.1 Å². The second-order valence-corrected chi connectivity index (χ2v) is 13.4. The van der Waals surface area contributed by atoms with Gasteiger partial charge in [-0.3, -0.25) is 19.6 Å². The lowest BCUT2D eigenvalue weighted by Gasteiger charge is -2.06. The maximum atomic E-state index is 12.5. The van der Waals surface area contributed by atoms with E-state index in [2.05, 4.69) is 44.1 Å². The molecule has 2 heterocycles. The van der Waals surface area contributed by atoms with E-state index < -0.39 is 7.12 Å². The largest absolute Gasteiger partial charge is 0.488 e. The smallest absolute Gasteiger partial charge is 0.423 e. The fraction of sp³-hybridized carbons (Fsp3) is 0. The predicted molar refractivity (Wildman–Crippen MR) is 228 cm³/mol. The van der Waals surface area contributed by atoms with Gasteiger partial charge >= 0.3 is 7.12 Å². The average molecular weight is 796 g/mol. The number of aromatic nitrogens is 2. The van der Waals surface area contributed by atoms with Gasteiger partial charge in [-0.2, -0.15) is 0 Å². The van der Waals surface area contributed by atoms with Crippen LogP contribution in [0.25, 0.3) is 33.6 Å². The van der Waals surface area contributed by atoms with E-state index in [1.54, 1.807) is 36.4 Å². The number of nitrogens with zero attached hydrogens (tertiary/aromatic N) is 2. The summed E-state index contributed by atoms with van der Waals surface area (Å²) in [5.41, 5.74) is 9.18. The molecule has 0 aliphatic heterocycles. The van der Waals surface area contributed by atoms with Crippen molar-refractivity contribution in [2.75, 3.05) is 0 Å². The molecule has 6 nitrogen and oxygen atoms in total. The molecule has 0 fully saturated rings. The van der Waals surface area contributed by atoms with Crippen LogP contribution in [0.2, 0.25) is 0 Å². The molecule has 272 valence electrons. The number of carbonyl (C=O) groups excluding carboxylic acids is 2. The number of halogens is 1. The molecule has 8 rings (SSSR count). The molecule has 56 heavy (non-hydrogen) atoms. The van der Waals surface area contributed by atoms with Gasteiger partial charge in [-0.15, -0.1) is 0 Å². The molecule has 0 aliphatic carbocycles. The Morgan fingerprint density at radius 2 is 0.768 bits per heavy atom. The molecule has 0 atom stereocenters. The van der Waals surface area contributed by atoms with Gasteiger partial charge in [0, 0.05) is 55.8 Å². The van der Waals surface area contributed by atoms with Crippen LogP contribution < -0.4 is 5.46 Å². The molecular weight excluding hydrogens is 759 g/mol. The Kier molecular flexibility index (Phi) is 13.7. The van der Waals surface area contributed by atoms with E-state index in [1.165, 1.54) is 12.1 Å². The van der Waals surface area contributed by atoms with Gasteiger partial charge in [-0.25, -0.2) is 0 Å². The van der Waals surface area contributed by atoms with E-state index in [9.17, 15) is 9.59 Å². The Hall–Kier alpha value is -6.58. The first kappa shape index (κ1) is 39.1. The SMILES string of the molecule is Brc1ccc(-c2ccccc2)nc1.O=C(c1ccccc1)c1ccc(-c2ccc(-c3ccccc3)nc2)cc1.O=C(c1ccccc1)c1ccc(B(O)O)cc1. The quantitative estimate of drug-likeness (QED) is 0.117. The van der Waals surface area contributed by atoms with E-state index in [0.717, 1.165) is 38.1 Å². The van der Waals surface area contributed by atoms with E-state index in [0.29, 0.717) is 27.7 Å². The molecule has 8 heteroatoms. The van der Waals surface area contributed by atoms with Crippen LogP contribution >= 0.6 is 15.9 Å². The van der Waals surface area contributed by atoms with Crippen molar-refractivity contribution in [2.24, 2.45) is 0 Å². The Morgan fingerprint density at radius 1 is 0.393 bits per heavy atom. The van der Waals surface area contributed by atoms with Crippen LogP contribution in [-0.4, -0.2) is 38.7 Å². The zero-order chi connectivity index (χ0) is 39.1. The highest BCUT2D eigenvalue weighted by Crippen LogP contribution is 2.24. The van der Waals surface area contributed by atoms with E-state index in [1.807, 2.05) is 140 Å². The van der Waals surface area contributed by atoms with Gasteiger partial charge in [0.1, 0.15) is 0 Å². The molecule has 2 N–H and O–H groups in total. The highest BCUT2D eigenvalue weighted by Gasteiger charge is 2.13. The molecule has 0 bridgehead atoms. The van der Waals surface area contributed by atoms with Gasteiger partial charge in [0.25, 0.3) is 0 Å². The van der Waals surface area contributed by atoms with Gasteiger partial charge < -0.3 is 10.0 Å². The van der Waals surface area contributed by atoms with Crippen molar-refractivity contribution in [3.05, 3.63) is 233 Å². The molecule has 2 aromatic heterocycles. The first-order chi connectivity index (χ1) is 27.4. The van der Waals surface area contributed by atoms with Crippen LogP contribution in [0.3, 0.4) is 0 Å². The third-order valence-corrected chi connectivity index (χ3v) is 9.12. The van der Waals surface area contributed by atoms with Crippen molar-refractivity contribution in [3.63, 3.8) is 0 Å². The molecule has 8 aromatic rings. The number of benzene rings is 6. The lowest BCUT2D eigenvalue weighted by atomic mass is 9.80. The molecule has 0 aliphatic rings. The van der Waals surface area contributed by atoms with Gasteiger partial charge in [0.15, 0.2) is 11.6 Å². The third kappa shape index (κ3) is 10.8. The van der Waals surface area contributed by atoms with E-state index in [4.69, 9.17) is 10.0 Å². The molecule has 6 aromatic carbocycles. The summed E-state index contributed by atoms with van der Waals surface area (Å²) in [6.45, 7) is 0. The zero-order valence-corrected chi connectivity index (χ0v) is 31.8. The summed E-state index contributed by atoms with van der Waals surface area (Å²) in [6, 6.07) is 60.5. The fourth-order valence-corrected chi connectivity index (χ4v) is 5.87. The maximum Gasteiger partial charge on any atom is 0.488 e. The number of pyridine rings is 2. The minimum Gasteiger partial charge on any atom is -0.423 e. The molecular formula is C48H36BBrN2O4. The molecule has 0 unspecified atom stereocenters. The van der Waals surface area contributed by atoms with Crippen molar-refractivity contribution in [2.45, 2.75) is 0 Å². The number of hydrogen-bond donors (Lipinski definition) is 2. The van der Waals surface area contributed by atoms with Crippen molar-refractivity contribution in [3.8, 4) is 33.6 Å². The highest BCUT2D eigenvalue weighted by atomic mass is 79.9. The Balaban J connectivity index is 0.000000153. The molecule has 0 amide bonds. The van der Waals surface area contributed by atoms with Crippen LogP contribution in [-0.2, 0) is 0 Å². The maximum absolute atomic E-state index is 12.5. The Morgan fingerprint density at radius 3 is 1.16 bits per heavy atom. The van der Waals surface area contributed by atoms with E-state index >= 15 is 0 Å². The first-order valence-electron chi connectivity index (χ1n) is 17.8. The Labute approximate surface area is 335 Å². The lowest BCUT2D eigenvalue weighted by molar-refractivity contribution is 0.103. The summed E-state index contributed by atoms with van der Waals surface area (Å²) >= 11 is 3.36. The lowest BCUT2D eigenvalue weighted by Crippen LogP contribution is -2.29. The molecule has 0 spiro atoms. The second kappa shape index (κ2) is 19.7. The summed E-state index contributed by atoms with van der Waals surface area (Å²) in [7, 11) is -1.50. The van der Waals surface area contributed by atoms with Crippen LogP contribution in [0.4, 0.5) is 0 Å². The fourth-order valence-electron chi connectivity index (χ4n) is 5.63. The predicted octanol–water partition coefficient (Wildman–Crippen LogP) is 9.76. The highest BCUT2D eigenvalue weighted by molar-refractivity contribution is 9.10. The number of carbonyl (C=O) groups is 2. The first-order valence-corrected chi connectivity index (χ1v) is 18.6. The molecule has 0 radical (unpaired) electrons. The summed E-state index contributed by atoms with van der Waals surface area (Å²) in [5.74, 6) is -0.0423. The number of hydrogen-bond acceptors (Lipinski definition) is 6. The minimum absolute atomic E-state index is 0.0368. The minimum atomic E-state index is -1.50. The van der Waals surface area contributed by atoms with Gasteiger partial charge in [0.05, 0.1) is 11.4 Å². The topological polar surface area (TPSA) is 100 Å². The second-order valence-electron chi connectivity index (χ2n) is 12.5. The summed E-state index contributed by atoms with van der Waals surface area (Å²) in [6.07, 6.45) is 3.68. The van der Waals surface area contributed by atoms with Crippen LogP contribution in [0, 0.1) is 0 Å². The summed E-state index contributed by atoms with van der Waals surface area (Å²) in [5, 5.41) is 17.9. The number of ketones is 2. The van der Waals surface area contributed by atoms with Crippen LogP contribution in [0.5, 0.6) is 0 Å². The normalized spacial score (nSPS) is 10.2. The van der Waals surface area contributed by atoms with Crippen LogP contribution in [0.15, 0.2) is 211 Å². The Bertz CT molecular complexity index is 2430. The van der Waals surface area contributed by atoms with Gasteiger partial charge in [0.2, 0.25) is 0 Å². The third-order valence-electron chi connectivity index (χ3n) is 8.65. The van der Waals surface area contributed by atoms with Gasteiger partial charge in [-0.1, -0.05) is 176 Å². The van der Waals surface area contributed by atoms with Gasteiger partial charge in [-0.05, 0) is 45.2 Å². The standard InChI is InChI=1S/C24H17NO.C13H11BO3.C11H8BrN/c26-24(20-9-5-2-6-10-20)21-13-11-18(12-14-21)22-15-16-23(25-17-22)19-7-3-1-4-8-19;15-13(10-4-2-1-3-5-10)11-6-8-12(9-7-11)14(16)17;12-10-6-7-11(13-8-10)9-4-2-1-3-5-9/h1-17H;1-9,16-17H;1-8H. The summed E-state index contributed by atoms with van der Waals surface area (Å²) < 4.78 is 1.01.